The third kappa shape index (κ3) is 3.61. The van der Waals surface area contributed by atoms with Gasteiger partial charge in [-0.25, -0.2) is 4.98 Å². The van der Waals surface area contributed by atoms with Gasteiger partial charge in [0.25, 0.3) is 5.56 Å². The molecule has 1 amide bonds. The molecule has 0 saturated carbocycles. The molecule has 1 aromatic heterocycles. The Morgan fingerprint density at radius 2 is 2.08 bits per heavy atom. The zero-order valence-corrected chi connectivity index (χ0v) is 15.1. The van der Waals surface area contributed by atoms with Crippen LogP contribution >= 0.6 is 0 Å². The monoisotopic (exact) mass is 357 g/mol. The van der Waals surface area contributed by atoms with E-state index in [0.29, 0.717) is 36.4 Å². The molecule has 1 aromatic carbocycles. The lowest BCUT2D eigenvalue weighted by Crippen LogP contribution is -2.45. The van der Waals surface area contributed by atoms with E-state index in [9.17, 15) is 14.4 Å². The number of aromatic nitrogens is 2. The Labute approximate surface area is 151 Å². The minimum Gasteiger partial charge on any atom is -0.466 e. The Morgan fingerprint density at radius 3 is 2.85 bits per heavy atom. The molecule has 1 unspecified atom stereocenters. The third-order valence-electron chi connectivity index (χ3n) is 4.74. The molecular weight excluding hydrogens is 334 g/mol. The van der Waals surface area contributed by atoms with Gasteiger partial charge < -0.3 is 9.64 Å². The van der Waals surface area contributed by atoms with E-state index < -0.39 is 0 Å². The molecule has 0 N–H and O–H groups in total. The zero-order chi connectivity index (χ0) is 18.7. The van der Waals surface area contributed by atoms with Gasteiger partial charge in [0.2, 0.25) is 5.91 Å². The van der Waals surface area contributed by atoms with E-state index in [1.54, 1.807) is 36.9 Å². The maximum atomic E-state index is 12.7. The van der Waals surface area contributed by atoms with Crippen molar-refractivity contribution in [3.8, 4) is 0 Å². The lowest BCUT2D eigenvalue weighted by atomic mass is 9.98. The highest BCUT2D eigenvalue weighted by molar-refractivity contribution is 5.80. The highest BCUT2D eigenvalue weighted by Crippen LogP contribution is 2.18. The number of likely N-dealkylation sites (tertiary alicyclic amines) is 1. The van der Waals surface area contributed by atoms with Crippen LogP contribution in [0.5, 0.6) is 0 Å². The number of carbonyl (C=O) groups is 2. The normalized spacial score (nSPS) is 17.3. The second-order valence-corrected chi connectivity index (χ2v) is 6.50. The molecule has 26 heavy (non-hydrogen) atoms. The first kappa shape index (κ1) is 18.1. The summed E-state index contributed by atoms with van der Waals surface area (Å²) in [5, 5.41) is 0.494. The molecule has 7 nitrogen and oxygen atoms in total. The Balaban J connectivity index is 1.79. The van der Waals surface area contributed by atoms with Crippen molar-refractivity contribution in [3.63, 3.8) is 0 Å². The van der Waals surface area contributed by atoms with Gasteiger partial charge in [-0.3, -0.25) is 19.0 Å². The fourth-order valence-electron chi connectivity index (χ4n) is 3.36. The molecule has 0 spiro atoms. The first-order valence-corrected chi connectivity index (χ1v) is 8.92. The molecule has 1 fully saturated rings. The molecule has 138 valence electrons. The summed E-state index contributed by atoms with van der Waals surface area (Å²) in [4.78, 5) is 43.4. The molecule has 7 heteroatoms. The molecule has 1 aliphatic rings. The summed E-state index contributed by atoms with van der Waals surface area (Å²) in [5.74, 6) is -0.229. The summed E-state index contributed by atoms with van der Waals surface area (Å²) in [5.41, 5.74) is 0.402. The second kappa shape index (κ2) is 7.68. The molecular formula is C19H23N3O4. The first-order chi connectivity index (χ1) is 12.5. The number of piperidine rings is 1. The molecule has 0 bridgehead atoms. The van der Waals surface area contributed by atoms with Crippen LogP contribution in [-0.2, 0) is 20.9 Å². The van der Waals surface area contributed by atoms with Gasteiger partial charge in [0.1, 0.15) is 12.4 Å². The van der Waals surface area contributed by atoms with Crippen LogP contribution in [0.15, 0.2) is 29.1 Å². The SMILES string of the molecule is CCOC(=O)C1CCCN(C(=O)Cn2c(C)nc3ccccc3c2=O)C1. The average molecular weight is 357 g/mol. The van der Waals surface area contributed by atoms with Crippen molar-refractivity contribution in [1.82, 2.24) is 14.5 Å². The minimum absolute atomic E-state index is 0.0714. The van der Waals surface area contributed by atoms with E-state index in [4.69, 9.17) is 4.74 Å². The van der Waals surface area contributed by atoms with Crippen LogP contribution in [0.4, 0.5) is 0 Å². The third-order valence-corrected chi connectivity index (χ3v) is 4.74. The van der Waals surface area contributed by atoms with E-state index in [1.807, 2.05) is 6.07 Å². The van der Waals surface area contributed by atoms with Gasteiger partial charge in [-0.2, -0.15) is 0 Å². The number of nitrogens with zero attached hydrogens (tertiary/aromatic N) is 3. The molecule has 1 aliphatic heterocycles. The lowest BCUT2D eigenvalue weighted by molar-refractivity contribution is -0.151. The molecule has 2 aromatic rings. The van der Waals surface area contributed by atoms with Crippen molar-refractivity contribution in [2.24, 2.45) is 5.92 Å². The molecule has 1 atom stereocenters. The van der Waals surface area contributed by atoms with Crippen LogP contribution in [0.2, 0.25) is 0 Å². The van der Waals surface area contributed by atoms with E-state index >= 15 is 0 Å². The zero-order valence-electron chi connectivity index (χ0n) is 15.1. The van der Waals surface area contributed by atoms with Crippen molar-refractivity contribution in [1.29, 1.82) is 0 Å². The van der Waals surface area contributed by atoms with Crippen LogP contribution in [-0.4, -0.2) is 46.0 Å². The number of ether oxygens (including phenoxy) is 1. The van der Waals surface area contributed by atoms with Gasteiger partial charge in [-0.15, -0.1) is 0 Å². The van der Waals surface area contributed by atoms with Crippen molar-refractivity contribution >= 4 is 22.8 Å². The van der Waals surface area contributed by atoms with Crippen LogP contribution in [0, 0.1) is 12.8 Å². The number of esters is 1. The predicted molar refractivity (Wildman–Crippen MR) is 96.7 cm³/mol. The number of amides is 1. The quantitative estimate of drug-likeness (QED) is 0.775. The minimum atomic E-state index is -0.291. The van der Waals surface area contributed by atoms with Crippen LogP contribution < -0.4 is 5.56 Å². The van der Waals surface area contributed by atoms with E-state index in [0.717, 1.165) is 12.8 Å². The van der Waals surface area contributed by atoms with Gasteiger partial charge in [0.05, 0.1) is 23.4 Å². The summed E-state index contributed by atoms with van der Waals surface area (Å²) in [7, 11) is 0. The largest absolute Gasteiger partial charge is 0.466 e. The predicted octanol–water partition coefficient (Wildman–Crippen LogP) is 1.51. The topological polar surface area (TPSA) is 81.5 Å². The number of hydrogen-bond acceptors (Lipinski definition) is 5. The molecule has 0 radical (unpaired) electrons. The second-order valence-electron chi connectivity index (χ2n) is 6.50. The highest BCUT2D eigenvalue weighted by Gasteiger charge is 2.29. The number of rotatable bonds is 4. The van der Waals surface area contributed by atoms with Gasteiger partial charge in [0, 0.05) is 13.1 Å². The van der Waals surface area contributed by atoms with Crippen molar-refractivity contribution in [2.75, 3.05) is 19.7 Å². The molecule has 0 aliphatic carbocycles. The first-order valence-electron chi connectivity index (χ1n) is 8.92. The Kier molecular flexibility index (Phi) is 5.35. The van der Waals surface area contributed by atoms with E-state index in [-0.39, 0.29) is 29.9 Å². The van der Waals surface area contributed by atoms with Crippen molar-refractivity contribution in [2.45, 2.75) is 33.2 Å². The number of para-hydroxylation sites is 1. The Hall–Kier alpha value is -2.70. The summed E-state index contributed by atoms with van der Waals surface area (Å²) in [6.07, 6.45) is 1.47. The summed E-state index contributed by atoms with van der Waals surface area (Å²) < 4.78 is 6.47. The smallest absolute Gasteiger partial charge is 0.310 e. The highest BCUT2D eigenvalue weighted by atomic mass is 16.5. The maximum absolute atomic E-state index is 12.7. The summed E-state index contributed by atoms with van der Waals surface area (Å²) >= 11 is 0. The maximum Gasteiger partial charge on any atom is 0.310 e. The van der Waals surface area contributed by atoms with Gasteiger partial charge >= 0.3 is 5.97 Å². The molecule has 1 saturated heterocycles. The number of hydrogen-bond donors (Lipinski definition) is 0. The standard InChI is InChI=1S/C19H23N3O4/c1-3-26-19(25)14-7-6-10-21(11-14)17(23)12-22-13(2)20-16-9-5-4-8-15(16)18(22)24/h4-5,8-9,14H,3,6-7,10-12H2,1-2H3. The Morgan fingerprint density at radius 1 is 1.31 bits per heavy atom. The Bertz CT molecular complexity index is 890. The van der Waals surface area contributed by atoms with Crippen molar-refractivity contribution in [3.05, 3.63) is 40.4 Å². The van der Waals surface area contributed by atoms with Gasteiger partial charge in [-0.1, -0.05) is 12.1 Å². The van der Waals surface area contributed by atoms with E-state index in [2.05, 4.69) is 4.98 Å². The average Bonchev–Trinajstić information content (AvgIpc) is 2.65. The van der Waals surface area contributed by atoms with Crippen LogP contribution in [0.3, 0.4) is 0 Å². The fraction of sp³-hybridized carbons (Fsp3) is 0.474. The van der Waals surface area contributed by atoms with Crippen molar-refractivity contribution < 1.29 is 14.3 Å². The van der Waals surface area contributed by atoms with E-state index in [1.165, 1.54) is 4.57 Å². The summed E-state index contributed by atoms with van der Waals surface area (Å²) in [6.45, 7) is 4.68. The fourth-order valence-corrected chi connectivity index (χ4v) is 3.36. The number of benzene rings is 1. The molecule has 2 heterocycles. The number of carbonyl (C=O) groups excluding carboxylic acids is 2. The van der Waals surface area contributed by atoms with Gasteiger partial charge in [-0.05, 0) is 38.8 Å². The van der Waals surface area contributed by atoms with Gasteiger partial charge in [0.15, 0.2) is 0 Å². The number of aryl methyl sites for hydroxylation is 1. The summed E-state index contributed by atoms with van der Waals surface area (Å²) in [6, 6.07) is 7.10. The molecule has 3 rings (SSSR count). The number of fused-ring (bicyclic) bond motifs is 1. The lowest BCUT2D eigenvalue weighted by Gasteiger charge is -2.31. The van der Waals surface area contributed by atoms with Crippen LogP contribution in [0.25, 0.3) is 10.9 Å². The van der Waals surface area contributed by atoms with Crippen LogP contribution in [0.1, 0.15) is 25.6 Å².